The minimum absolute atomic E-state index is 0.309. The minimum atomic E-state index is 0.309. The van der Waals surface area contributed by atoms with Gasteiger partial charge in [0.2, 0.25) is 0 Å². The Morgan fingerprint density at radius 2 is 2.29 bits per heavy atom. The molecule has 0 radical (unpaired) electrons. The number of anilines is 1. The first-order valence-corrected chi connectivity index (χ1v) is 7.89. The van der Waals surface area contributed by atoms with Gasteiger partial charge in [0.25, 0.3) is 0 Å². The summed E-state index contributed by atoms with van der Waals surface area (Å²) in [6, 6.07) is 6.72. The van der Waals surface area contributed by atoms with Gasteiger partial charge in [-0.25, -0.2) is 0 Å². The number of hydrogen-bond acceptors (Lipinski definition) is 4. The maximum absolute atomic E-state index is 9.06. The standard InChI is InChI=1S/C17H28N2O2/c1-14-11-16(12-18-7-10-21-2)3-4-17(14)19-8-5-15(13-19)6-9-20/h3-4,11,15,18,20H,5-10,12-13H2,1-2H3. The average Bonchev–Trinajstić information content (AvgIpc) is 2.92. The van der Waals surface area contributed by atoms with Crippen molar-refractivity contribution in [1.29, 1.82) is 0 Å². The number of methoxy groups -OCH3 is 1. The molecule has 1 aromatic carbocycles. The summed E-state index contributed by atoms with van der Waals surface area (Å²) in [7, 11) is 1.72. The molecular formula is C17H28N2O2. The number of aliphatic hydroxyl groups is 1. The molecule has 21 heavy (non-hydrogen) atoms. The summed E-state index contributed by atoms with van der Waals surface area (Å²) in [6.07, 6.45) is 2.12. The van der Waals surface area contributed by atoms with Crippen molar-refractivity contribution in [2.45, 2.75) is 26.3 Å². The Labute approximate surface area is 128 Å². The molecule has 1 unspecified atom stereocenters. The third-order valence-electron chi connectivity index (χ3n) is 4.24. The second-order valence-electron chi connectivity index (χ2n) is 5.90. The van der Waals surface area contributed by atoms with E-state index in [-0.39, 0.29) is 0 Å². The van der Waals surface area contributed by atoms with Crippen LogP contribution in [0, 0.1) is 12.8 Å². The van der Waals surface area contributed by atoms with Crippen LogP contribution in [0.3, 0.4) is 0 Å². The third-order valence-corrected chi connectivity index (χ3v) is 4.24. The first kappa shape index (κ1) is 16.3. The van der Waals surface area contributed by atoms with Crippen molar-refractivity contribution < 1.29 is 9.84 Å². The first-order valence-electron chi connectivity index (χ1n) is 7.89. The summed E-state index contributed by atoms with van der Waals surface area (Å²) in [4.78, 5) is 2.46. The SMILES string of the molecule is COCCNCc1ccc(N2CCC(CCO)C2)c(C)c1. The van der Waals surface area contributed by atoms with E-state index in [0.29, 0.717) is 12.5 Å². The average molecular weight is 292 g/mol. The van der Waals surface area contributed by atoms with Gasteiger partial charge in [0.05, 0.1) is 6.61 Å². The molecule has 1 atom stereocenters. The molecule has 1 aliphatic rings. The lowest BCUT2D eigenvalue weighted by Gasteiger charge is -2.21. The smallest absolute Gasteiger partial charge is 0.0587 e. The van der Waals surface area contributed by atoms with E-state index in [4.69, 9.17) is 9.84 Å². The second-order valence-corrected chi connectivity index (χ2v) is 5.90. The Balaban J connectivity index is 1.90. The lowest BCUT2D eigenvalue weighted by atomic mass is 10.1. The molecular weight excluding hydrogens is 264 g/mol. The lowest BCUT2D eigenvalue weighted by molar-refractivity contribution is 0.199. The van der Waals surface area contributed by atoms with Gasteiger partial charge >= 0.3 is 0 Å². The number of nitrogens with zero attached hydrogens (tertiary/aromatic N) is 1. The van der Waals surface area contributed by atoms with Crippen molar-refractivity contribution >= 4 is 5.69 Å². The zero-order valence-corrected chi connectivity index (χ0v) is 13.3. The van der Waals surface area contributed by atoms with E-state index < -0.39 is 0 Å². The largest absolute Gasteiger partial charge is 0.396 e. The molecule has 1 aromatic rings. The normalized spacial score (nSPS) is 18.4. The highest BCUT2D eigenvalue weighted by Crippen LogP contribution is 2.28. The van der Waals surface area contributed by atoms with Gasteiger partial charge < -0.3 is 20.1 Å². The summed E-state index contributed by atoms with van der Waals surface area (Å²) in [5.41, 5.74) is 4.00. The van der Waals surface area contributed by atoms with Crippen LogP contribution < -0.4 is 10.2 Å². The molecule has 0 aliphatic carbocycles. The molecule has 1 heterocycles. The highest BCUT2D eigenvalue weighted by molar-refractivity contribution is 5.55. The Bertz CT molecular complexity index is 437. The van der Waals surface area contributed by atoms with Gasteiger partial charge in [-0.3, -0.25) is 0 Å². The van der Waals surface area contributed by atoms with Gasteiger partial charge in [-0.2, -0.15) is 0 Å². The molecule has 4 nitrogen and oxygen atoms in total. The molecule has 0 bridgehead atoms. The predicted molar refractivity (Wildman–Crippen MR) is 86.8 cm³/mol. The fraction of sp³-hybridized carbons (Fsp3) is 0.647. The fourth-order valence-electron chi connectivity index (χ4n) is 3.06. The van der Waals surface area contributed by atoms with Gasteiger partial charge in [-0.05, 0) is 42.9 Å². The van der Waals surface area contributed by atoms with Crippen molar-refractivity contribution in [2.75, 3.05) is 44.9 Å². The summed E-state index contributed by atoms with van der Waals surface area (Å²) < 4.78 is 5.03. The van der Waals surface area contributed by atoms with Gasteiger partial charge in [0, 0.05) is 45.6 Å². The molecule has 118 valence electrons. The molecule has 0 aromatic heterocycles. The molecule has 2 N–H and O–H groups in total. The number of ether oxygens (including phenoxy) is 1. The van der Waals surface area contributed by atoms with Crippen LogP contribution in [0.15, 0.2) is 18.2 Å². The summed E-state index contributed by atoms with van der Waals surface area (Å²) in [5.74, 6) is 0.643. The number of hydrogen-bond donors (Lipinski definition) is 2. The van der Waals surface area contributed by atoms with Crippen LogP contribution in [-0.2, 0) is 11.3 Å². The van der Waals surface area contributed by atoms with E-state index in [2.05, 4.69) is 35.3 Å². The summed E-state index contributed by atoms with van der Waals surface area (Å²) >= 11 is 0. The Hall–Kier alpha value is -1.10. The van der Waals surface area contributed by atoms with Crippen molar-refractivity contribution in [3.63, 3.8) is 0 Å². The molecule has 1 aliphatic heterocycles. The number of benzene rings is 1. The van der Waals surface area contributed by atoms with Crippen molar-refractivity contribution in [1.82, 2.24) is 5.32 Å². The molecule has 0 amide bonds. The van der Waals surface area contributed by atoms with E-state index >= 15 is 0 Å². The molecule has 1 saturated heterocycles. The third kappa shape index (κ3) is 4.70. The van der Waals surface area contributed by atoms with Crippen LogP contribution in [0.1, 0.15) is 24.0 Å². The number of rotatable bonds is 8. The second kappa shape index (κ2) is 8.37. The Kier molecular flexibility index (Phi) is 6.49. The van der Waals surface area contributed by atoms with Crippen molar-refractivity contribution in [3.05, 3.63) is 29.3 Å². The van der Waals surface area contributed by atoms with Crippen molar-refractivity contribution in [3.8, 4) is 0 Å². The summed E-state index contributed by atoms with van der Waals surface area (Å²) in [5, 5.41) is 12.4. The molecule has 2 rings (SSSR count). The van der Waals surface area contributed by atoms with Gasteiger partial charge in [0.1, 0.15) is 0 Å². The van der Waals surface area contributed by atoms with Crippen LogP contribution in [0.2, 0.25) is 0 Å². The number of aliphatic hydroxyl groups excluding tert-OH is 1. The zero-order chi connectivity index (χ0) is 15.1. The van der Waals surface area contributed by atoms with Crippen LogP contribution in [-0.4, -0.2) is 45.1 Å². The van der Waals surface area contributed by atoms with Crippen LogP contribution in [0.5, 0.6) is 0 Å². The van der Waals surface area contributed by atoms with Gasteiger partial charge in [-0.15, -0.1) is 0 Å². The zero-order valence-electron chi connectivity index (χ0n) is 13.3. The topological polar surface area (TPSA) is 44.7 Å². The fourth-order valence-corrected chi connectivity index (χ4v) is 3.06. The Morgan fingerprint density at radius 1 is 1.43 bits per heavy atom. The number of aryl methyl sites for hydroxylation is 1. The first-order chi connectivity index (χ1) is 10.2. The van der Waals surface area contributed by atoms with Gasteiger partial charge in [0.15, 0.2) is 0 Å². The van der Waals surface area contributed by atoms with Crippen LogP contribution >= 0.6 is 0 Å². The van der Waals surface area contributed by atoms with Crippen LogP contribution in [0.4, 0.5) is 5.69 Å². The highest BCUT2D eigenvalue weighted by Gasteiger charge is 2.23. The van der Waals surface area contributed by atoms with E-state index in [9.17, 15) is 0 Å². The number of nitrogens with one attached hydrogen (secondary N) is 1. The van der Waals surface area contributed by atoms with Crippen LogP contribution in [0.25, 0.3) is 0 Å². The molecule has 0 saturated carbocycles. The molecule has 4 heteroatoms. The monoisotopic (exact) mass is 292 g/mol. The molecule has 0 spiro atoms. The molecule has 1 fully saturated rings. The van der Waals surface area contributed by atoms with E-state index in [0.717, 1.165) is 39.2 Å². The summed E-state index contributed by atoms with van der Waals surface area (Å²) in [6.45, 7) is 7.20. The van der Waals surface area contributed by atoms with Gasteiger partial charge in [-0.1, -0.05) is 12.1 Å². The predicted octanol–water partition coefficient (Wildman–Crippen LogP) is 1.94. The van der Waals surface area contributed by atoms with E-state index in [1.54, 1.807) is 7.11 Å². The maximum atomic E-state index is 9.06. The Morgan fingerprint density at radius 3 is 3.00 bits per heavy atom. The van der Waals surface area contributed by atoms with E-state index in [1.807, 2.05) is 0 Å². The van der Waals surface area contributed by atoms with E-state index in [1.165, 1.54) is 23.2 Å². The van der Waals surface area contributed by atoms with Crippen molar-refractivity contribution in [2.24, 2.45) is 5.92 Å². The highest BCUT2D eigenvalue weighted by atomic mass is 16.5. The minimum Gasteiger partial charge on any atom is -0.396 e. The quantitative estimate of drug-likeness (QED) is 0.719. The maximum Gasteiger partial charge on any atom is 0.0587 e. The lowest BCUT2D eigenvalue weighted by Crippen LogP contribution is -2.21.